The number of rotatable bonds is 6. The summed E-state index contributed by atoms with van der Waals surface area (Å²) in [5.41, 5.74) is 7.00. The Balaban J connectivity index is 0.00000264. The van der Waals surface area contributed by atoms with Gasteiger partial charge in [-0.05, 0) is 43.6 Å². The lowest BCUT2D eigenvalue weighted by Gasteiger charge is -2.23. The number of hydrogen-bond donors (Lipinski definition) is 2. The molecule has 1 saturated heterocycles. The molecule has 1 heterocycles. The van der Waals surface area contributed by atoms with Gasteiger partial charge < -0.3 is 11.1 Å². The molecule has 23 heavy (non-hydrogen) atoms. The number of halogens is 1. The van der Waals surface area contributed by atoms with E-state index in [1.807, 2.05) is 24.3 Å². The van der Waals surface area contributed by atoms with E-state index >= 15 is 0 Å². The second-order valence-corrected chi connectivity index (χ2v) is 6.98. The normalized spacial score (nSPS) is 20.1. The van der Waals surface area contributed by atoms with Crippen molar-refractivity contribution < 1.29 is 4.21 Å². The van der Waals surface area contributed by atoms with Crippen molar-refractivity contribution in [3.8, 4) is 0 Å². The molecule has 0 radical (unpaired) electrons. The second-order valence-electron chi connectivity index (χ2n) is 5.61. The summed E-state index contributed by atoms with van der Waals surface area (Å²) in [6.45, 7) is 5.87. The van der Waals surface area contributed by atoms with Gasteiger partial charge in [-0.2, -0.15) is 0 Å². The minimum Gasteiger partial charge on any atom is -0.370 e. The third-order valence-corrected chi connectivity index (χ3v) is 5.05. The van der Waals surface area contributed by atoms with Crippen LogP contribution in [0, 0.1) is 0 Å². The Morgan fingerprint density at radius 3 is 2.74 bits per heavy atom. The Bertz CT molecular complexity index is 535. The van der Waals surface area contributed by atoms with E-state index in [1.165, 1.54) is 19.4 Å². The molecular formula is C16H27IN4OS. The number of hydrogen-bond acceptors (Lipinski definition) is 3. The van der Waals surface area contributed by atoms with Crippen LogP contribution in [0.2, 0.25) is 0 Å². The first-order chi connectivity index (χ1) is 10.6. The van der Waals surface area contributed by atoms with Crippen molar-refractivity contribution in [1.82, 2.24) is 10.2 Å². The summed E-state index contributed by atoms with van der Waals surface area (Å²) in [4.78, 5) is 7.68. The topological polar surface area (TPSA) is 70.7 Å². The predicted molar refractivity (Wildman–Crippen MR) is 108 cm³/mol. The van der Waals surface area contributed by atoms with Gasteiger partial charge in [0.1, 0.15) is 0 Å². The highest BCUT2D eigenvalue weighted by atomic mass is 127. The molecule has 0 aliphatic carbocycles. The fourth-order valence-corrected chi connectivity index (χ4v) is 3.30. The maximum atomic E-state index is 11.3. The standard InChI is InChI=1S/C16H26N4OS.HI/c1-3-20-10-4-5-14(20)12-19-16(17)18-11-13-6-8-15(9-7-13)22(2)21;/h6-9,14H,3-5,10-12H2,1-2H3,(H3,17,18,19);1H. The van der Waals surface area contributed by atoms with Gasteiger partial charge in [0, 0.05) is 34.5 Å². The van der Waals surface area contributed by atoms with Crippen LogP contribution in [0.4, 0.5) is 0 Å². The van der Waals surface area contributed by atoms with Gasteiger partial charge in [0.2, 0.25) is 0 Å². The number of nitrogens with zero attached hydrogens (tertiary/aromatic N) is 2. The number of nitrogens with one attached hydrogen (secondary N) is 1. The SMILES string of the molecule is CCN1CCCC1CNC(N)=NCc1ccc(S(C)=O)cc1.I. The Labute approximate surface area is 158 Å². The molecule has 2 rings (SSSR count). The third-order valence-electron chi connectivity index (χ3n) is 4.11. The number of likely N-dealkylation sites (tertiary alicyclic amines) is 1. The molecule has 130 valence electrons. The molecule has 1 aliphatic heterocycles. The van der Waals surface area contributed by atoms with Crippen LogP contribution in [0.3, 0.4) is 0 Å². The van der Waals surface area contributed by atoms with E-state index in [-0.39, 0.29) is 24.0 Å². The first kappa shape index (κ1) is 20.4. The van der Waals surface area contributed by atoms with Crippen molar-refractivity contribution in [2.45, 2.75) is 37.2 Å². The Kier molecular flexibility index (Phi) is 9.08. The van der Waals surface area contributed by atoms with Crippen LogP contribution < -0.4 is 11.1 Å². The summed E-state index contributed by atoms with van der Waals surface area (Å²) < 4.78 is 11.3. The zero-order valence-electron chi connectivity index (χ0n) is 13.8. The third kappa shape index (κ3) is 6.39. The first-order valence-electron chi connectivity index (χ1n) is 7.80. The Morgan fingerprint density at radius 2 is 2.13 bits per heavy atom. The van der Waals surface area contributed by atoms with Crippen LogP contribution in [0.25, 0.3) is 0 Å². The molecule has 5 nitrogen and oxygen atoms in total. The quantitative estimate of drug-likeness (QED) is 0.395. The minimum atomic E-state index is -0.937. The van der Waals surface area contributed by atoms with Gasteiger partial charge in [-0.15, -0.1) is 24.0 Å². The van der Waals surface area contributed by atoms with Gasteiger partial charge in [-0.3, -0.25) is 9.11 Å². The van der Waals surface area contributed by atoms with Crippen LogP contribution in [-0.4, -0.2) is 47.0 Å². The first-order valence-corrected chi connectivity index (χ1v) is 9.36. The number of aliphatic imine (C=N–C) groups is 1. The van der Waals surface area contributed by atoms with E-state index < -0.39 is 10.8 Å². The van der Waals surface area contributed by atoms with Crippen molar-refractivity contribution in [1.29, 1.82) is 0 Å². The second kappa shape index (κ2) is 10.2. The largest absolute Gasteiger partial charge is 0.370 e. The van der Waals surface area contributed by atoms with Crippen LogP contribution in [0.1, 0.15) is 25.3 Å². The highest BCUT2D eigenvalue weighted by molar-refractivity contribution is 14.0. The van der Waals surface area contributed by atoms with Crippen molar-refractivity contribution in [2.75, 3.05) is 25.9 Å². The highest BCUT2D eigenvalue weighted by Gasteiger charge is 2.22. The van der Waals surface area contributed by atoms with E-state index in [4.69, 9.17) is 5.73 Å². The van der Waals surface area contributed by atoms with Crippen molar-refractivity contribution in [3.05, 3.63) is 29.8 Å². The maximum Gasteiger partial charge on any atom is 0.188 e. The van der Waals surface area contributed by atoms with E-state index in [0.717, 1.165) is 23.5 Å². The molecule has 0 bridgehead atoms. The molecule has 2 unspecified atom stereocenters. The van der Waals surface area contributed by atoms with Crippen molar-refractivity contribution in [3.63, 3.8) is 0 Å². The smallest absolute Gasteiger partial charge is 0.188 e. The lowest BCUT2D eigenvalue weighted by Crippen LogP contribution is -2.42. The summed E-state index contributed by atoms with van der Waals surface area (Å²) in [7, 11) is -0.937. The van der Waals surface area contributed by atoms with E-state index in [9.17, 15) is 4.21 Å². The molecular weight excluding hydrogens is 423 g/mol. The van der Waals surface area contributed by atoms with Crippen LogP contribution in [0.15, 0.2) is 34.2 Å². The summed E-state index contributed by atoms with van der Waals surface area (Å²) in [5, 5.41) is 3.23. The molecule has 1 fully saturated rings. The molecule has 7 heteroatoms. The Hall–Kier alpha value is -0.670. The summed E-state index contributed by atoms with van der Waals surface area (Å²) in [6, 6.07) is 8.22. The fourth-order valence-electron chi connectivity index (χ4n) is 2.78. The Morgan fingerprint density at radius 1 is 1.43 bits per heavy atom. The van der Waals surface area contributed by atoms with Crippen LogP contribution in [-0.2, 0) is 17.3 Å². The minimum absolute atomic E-state index is 0. The number of nitrogens with two attached hydrogens (primary N) is 1. The van der Waals surface area contributed by atoms with E-state index in [2.05, 4.69) is 22.1 Å². The average molecular weight is 450 g/mol. The van der Waals surface area contributed by atoms with Gasteiger partial charge in [0.25, 0.3) is 0 Å². The summed E-state index contributed by atoms with van der Waals surface area (Å²) in [6.07, 6.45) is 4.17. The molecule has 0 aromatic heterocycles. The van der Waals surface area contributed by atoms with E-state index in [1.54, 1.807) is 6.26 Å². The van der Waals surface area contributed by atoms with Gasteiger partial charge in [0.15, 0.2) is 5.96 Å². The molecule has 0 saturated carbocycles. The predicted octanol–water partition coefficient (Wildman–Crippen LogP) is 1.93. The highest BCUT2D eigenvalue weighted by Crippen LogP contribution is 2.15. The molecule has 3 N–H and O–H groups in total. The summed E-state index contributed by atoms with van der Waals surface area (Å²) >= 11 is 0. The van der Waals surface area contributed by atoms with Gasteiger partial charge in [-0.25, -0.2) is 4.99 Å². The maximum absolute atomic E-state index is 11.3. The van der Waals surface area contributed by atoms with E-state index in [0.29, 0.717) is 18.5 Å². The lowest BCUT2D eigenvalue weighted by atomic mass is 10.2. The van der Waals surface area contributed by atoms with Crippen LogP contribution in [0.5, 0.6) is 0 Å². The van der Waals surface area contributed by atoms with Gasteiger partial charge >= 0.3 is 0 Å². The number of guanidine groups is 1. The average Bonchev–Trinajstić information content (AvgIpc) is 2.98. The monoisotopic (exact) mass is 450 g/mol. The fraction of sp³-hybridized carbons (Fsp3) is 0.562. The van der Waals surface area contributed by atoms with Crippen molar-refractivity contribution in [2.24, 2.45) is 10.7 Å². The molecule has 1 aromatic rings. The molecule has 0 amide bonds. The zero-order chi connectivity index (χ0) is 15.9. The molecule has 1 aliphatic rings. The number of likely N-dealkylation sites (N-methyl/N-ethyl adjacent to an activating group) is 1. The van der Waals surface area contributed by atoms with Gasteiger partial charge in [0.05, 0.1) is 6.54 Å². The van der Waals surface area contributed by atoms with Crippen LogP contribution >= 0.6 is 24.0 Å². The summed E-state index contributed by atoms with van der Waals surface area (Å²) in [5.74, 6) is 0.492. The lowest BCUT2D eigenvalue weighted by molar-refractivity contribution is 0.267. The molecule has 0 spiro atoms. The molecule has 2 atom stereocenters. The van der Waals surface area contributed by atoms with Gasteiger partial charge in [-0.1, -0.05) is 19.1 Å². The molecule has 1 aromatic carbocycles. The number of benzene rings is 1. The van der Waals surface area contributed by atoms with Crippen molar-refractivity contribution >= 4 is 40.7 Å². The zero-order valence-corrected chi connectivity index (χ0v) is 17.0.